The molecule has 0 unspecified atom stereocenters. The summed E-state index contributed by atoms with van der Waals surface area (Å²) in [6, 6.07) is 8.13. The Morgan fingerprint density at radius 3 is 2.73 bits per heavy atom. The fourth-order valence-corrected chi connectivity index (χ4v) is 2.47. The zero-order valence-corrected chi connectivity index (χ0v) is 13.3. The number of benzene rings is 1. The summed E-state index contributed by atoms with van der Waals surface area (Å²) in [5.41, 5.74) is 1.24. The predicted octanol–water partition coefficient (Wildman–Crippen LogP) is 3.02. The van der Waals surface area contributed by atoms with E-state index in [1.165, 1.54) is 17.7 Å². The van der Waals surface area contributed by atoms with Gasteiger partial charge in [-0.3, -0.25) is 4.99 Å². The molecule has 1 aromatic heterocycles. The van der Waals surface area contributed by atoms with Gasteiger partial charge < -0.3 is 15.4 Å². The van der Waals surface area contributed by atoms with Crippen molar-refractivity contribution < 1.29 is 9.13 Å². The minimum atomic E-state index is -0.255. The van der Waals surface area contributed by atoms with Crippen molar-refractivity contribution in [2.45, 2.75) is 13.0 Å². The lowest BCUT2D eigenvalue weighted by Crippen LogP contribution is -2.37. The largest absolute Gasteiger partial charge is 0.494 e. The zero-order valence-electron chi connectivity index (χ0n) is 12.5. The van der Waals surface area contributed by atoms with Crippen molar-refractivity contribution >= 4 is 17.3 Å². The van der Waals surface area contributed by atoms with Crippen LogP contribution < -0.4 is 15.4 Å². The first-order valence-corrected chi connectivity index (χ1v) is 8.06. The Balaban J connectivity index is 1.59. The maximum absolute atomic E-state index is 12.7. The summed E-state index contributed by atoms with van der Waals surface area (Å²) >= 11 is 1.68. The van der Waals surface area contributed by atoms with Gasteiger partial charge in [-0.2, -0.15) is 11.3 Å². The standard InChI is InChI=1S/C16H20FN3OS/c1-18-16(20-11-13-7-10-22-12-13)19-8-2-9-21-15-5-3-14(17)4-6-15/h3-7,10,12H,2,8-9,11H2,1H3,(H2,18,19,20). The van der Waals surface area contributed by atoms with Crippen LogP contribution in [0.5, 0.6) is 5.75 Å². The van der Waals surface area contributed by atoms with Gasteiger partial charge in [-0.05, 0) is 53.1 Å². The third-order valence-corrected chi connectivity index (χ3v) is 3.69. The molecule has 0 fully saturated rings. The third-order valence-electron chi connectivity index (χ3n) is 2.96. The minimum absolute atomic E-state index is 0.255. The third kappa shape index (κ3) is 5.73. The normalized spacial score (nSPS) is 11.3. The van der Waals surface area contributed by atoms with E-state index in [4.69, 9.17) is 4.74 Å². The summed E-state index contributed by atoms with van der Waals surface area (Å²) in [6.07, 6.45) is 0.830. The van der Waals surface area contributed by atoms with Crippen LogP contribution in [-0.4, -0.2) is 26.2 Å². The van der Waals surface area contributed by atoms with E-state index in [0.717, 1.165) is 25.5 Å². The molecule has 0 saturated heterocycles. The van der Waals surface area contributed by atoms with E-state index in [9.17, 15) is 4.39 Å². The molecule has 2 N–H and O–H groups in total. The van der Waals surface area contributed by atoms with Gasteiger partial charge in [0.1, 0.15) is 11.6 Å². The Kier molecular flexibility index (Phi) is 6.70. The van der Waals surface area contributed by atoms with Crippen molar-refractivity contribution in [3.8, 4) is 5.75 Å². The first-order valence-electron chi connectivity index (χ1n) is 7.12. The second kappa shape index (κ2) is 9.04. The molecule has 1 heterocycles. The second-order valence-corrected chi connectivity index (χ2v) is 5.42. The van der Waals surface area contributed by atoms with Crippen LogP contribution in [0, 0.1) is 5.82 Å². The summed E-state index contributed by atoms with van der Waals surface area (Å²) in [5.74, 6) is 1.20. The SMILES string of the molecule is CN=C(NCCCOc1ccc(F)cc1)NCc1ccsc1. The lowest BCUT2D eigenvalue weighted by atomic mass is 10.3. The molecule has 6 heteroatoms. The zero-order chi connectivity index (χ0) is 15.6. The van der Waals surface area contributed by atoms with Gasteiger partial charge in [0.05, 0.1) is 6.61 Å². The van der Waals surface area contributed by atoms with Crippen molar-refractivity contribution in [2.24, 2.45) is 4.99 Å². The second-order valence-electron chi connectivity index (χ2n) is 4.64. The highest BCUT2D eigenvalue weighted by atomic mass is 32.1. The van der Waals surface area contributed by atoms with Gasteiger partial charge in [0.2, 0.25) is 0 Å². The molecule has 0 bridgehead atoms. The fourth-order valence-electron chi connectivity index (χ4n) is 1.80. The average Bonchev–Trinajstić information content (AvgIpc) is 3.05. The van der Waals surface area contributed by atoms with Gasteiger partial charge in [0.25, 0.3) is 0 Å². The minimum Gasteiger partial charge on any atom is -0.494 e. The van der Waals surface area contributed by atoms with Crippen LogP contribution in [0.15, 0.2) is 46.1 Å². The predicted molar refractivity (Wildman–Crippen MR) is 89.0 cm³/mol. The molecule has 0 aliphatic heterocycles. The van der Waals surface area contributed by atoms with Crippen LogP contribution in [0.4, 0.5) is 4.39 Å². The fraction of sp³-hybridized carbons (Fsp3) is 0.312. The van der Waals surface area contributed by atoms with E-state index in [-0.39, 0.29) is 5.82 Å². The quantitative estimate of drug-likeness (QED) is 0.468. The van der Waals surface area contributed by atoms with E-state index in [2.05, 4.69) is 32.5 Å². The number of halogens is 1. The van der Waals surface area contributed by atoms with Crippen LogP contribution in [-0.2, 0) is 6.54 Å². The number of nitrogens with zero attached hydrogens (tertiary/aromatic N) is 1. The summed E-state index contributed by atoms with van der Waals surface area (Å²) in [6.45, 7) is 2.08. The van der Waals surface area contributed by atoms with Crippen molar-refractivity contribution in [1.82, 2.24) is 10.6 Å². The van der Waals surface area contributed by atoms with Gasteiger partial charge >= 0.3 is 0 Å². The lowest BCUT2D eigenvalue weighted by Gasteiger charge is -2.11. The Bertz CT molecular complexity index is 570. The highest BCUT2D eigenvalue weighted by molar-refractivity contribution is 7.07. The van der Waals surface area contributed by atoms with Gasteiger partial charge in [0.15, 0.2) is 5.96 Å². The Morgan fingerprint density at radius 1 is 1.23 bits per heavy atom. The molecule has 4 nitrogen and oxygen atoms in total. The summed E-state index contributed by atoms with van der Waals surface area (Å²) in [7, 11) is 1.75. The maximum Gasteiger partial charge on any atom is 0.191 e. The van der Waals surface area contributed by atoms with E-state index in [0.29, 0.717) is 12.4 Å². The number of rotatable bonds is 7. The van der Waals surface area contributed by atoms with Gasteiger partial charge in [-0.1, -0.05) is 0 Å². The van der Waals surface area contributed by atoms with Crippen molar-refractivity contribution in [2.75, 3.05) is 20.2 Å². The summed E-state index contributed by atoms with van der Waals surface area (Å²) < 4.78 is 18.3. The molecule has 0 aliphatic rings. The van der Waals surface area contributed by atoms with Crippen LogP contribution in [0.1, 0.15) is 12.0 Å². The lowest BCUT2D eigenvalue weighted by molar-refractivity contribution is 0.310. The summed E-state index contributed by atoms with van der Waals surface area (Å²) in [4.78, 5) is 4.17. The molecule has 0 saturated carbocycles. The van der Waals surface area contributed by atoms with Gasteiger partial charge in [0, 0.05) is 20.1 Å². The van der Waals surface area contributed by atoms with E-state index in [1.807, 2.05) is 0 Å². The number of aliphatic imine (C=N–C) groups is 1. The number of hydrogen-bond acceptors (Lipinski definition) is 3. The topological polar surface area (TPSA) is 45.7 Å². The molecule has 118 valence electrons. The molecule has 0 atom stereocenters. The average molecular weight is 321 g/mol. The molecule has 2 aromatic rings. The number of hydrogen-bond donors (Lipinski definition) is 2. The van der Waals surface area contributed by atoms with Crippen molar-refractivity contribution in [3.05, 3.63) is 52.5 Å². The van der Waals surface area contributed by atoms with Crippen LogP contribution in [0.3, 0.4) is 0 Å². The Hall–Kier alpha value is -2.08. The Morgan fingerprint density at radius 2 is 2.05 bits per heavy atom. The number of guanidine groups is 1. The molecule has 0 amide bonds. The number of thiophene rings is 1. The van der Waals surface area contributed by atoms with E-state index >= 15 is 0 Å². The van der Waals surface area contributed by atoms with Crippen LogP contribution in [0.2, 0.25) is 0 Å². The monoisotopic (exact) mass is 321 g/mol. The number of nitrogens with one attached hydrogen (secondary N) is 2. The first kappa shape index (κ1) is 16.3. The van der Waals surface area contributed by atoms with Crippen molar-refractivity contribution in [3.63, 3.8) is 0 Å². The summed E-state index contributed by atoms with van der Waals surface area (Å²) in [5, 5.41) is 10.6. The molecular formula is C16H20FN3OS. The van der Waals surface area contributed by atoms with Crippen molar-refractivity contribution in [1.29, 1.82) is 0 Å². The molecule has 0 spiro atoms. The van der Waals surface area contributed by atoms with Gasteiger partial charge in [-0.25, -0.2) is 4.39 Å². The molecule has 0 radical (unpaired) electrons. The van der Waals surface area contributed by atoms with Gasteiger partial charge in [-0.15, -0.1) is 0 Å². The molecule has 1 aromatic carbocycles. The molecule has 0 aliphatic carbocycles. The molecule has 2 rings (SSSR count). The molecular weight excluding hydrogens is 301 g/mol. The first-order chi connectivity index (χ1) is 10.8. The van der Waals surface area contributed by atoms with E-state index in [1.54, 1.807) is 30.5 Å². The number of ether oxygens (including phenoxy) is 1. The highest BCUT2D eigenvalue weighted by Gasteiger charge is 1.99. The molecule has 22 heavy (non-hydrogen) atoms. The van der Waals surface area contributed by atoms with E-state index < -0.39 is 0 Å². The smallest absolute Gasteiger partial charge is 0.191 e. The van der Waals surface area contributed by atoms with Crippen LogP contribution >= 0.6 is 11.3 Å². The maximum atomic E-state index is 12.7. The Labute approximate surface area is 134 Å². The van der Waals surface area contributed by atoms with Crippen LogP contribution in [0.25, 0.3) is 0 Å². The highest BCUT2D eigenvalue weighted by Crippen LogP contribution is 2.10.